The van der Waals surface area contributed by atoms with E-state index >= 15 is 0 Å². The molecule has 10 heteroatoms. The minimum atomic E-state index is -1.04. The van der Waals surface area contributed by atoms with E-state index in [0.717, 1.165) is 22.3 Å². The van der Waals surface area contributed by atoms with Crippen molar-refractivity contribution in [3.63, 3.8) is 0 Å². The summed E-state index contributed by atoms with van der Waals surface area (Å²) in [5.74, 6) is -0.800. The number of ether oxygens (including phenoxy) is 1. The number of phenols is 1. The average molecular weight is 556 g/mol. The molecule has 0 aromatic heterocycles. The van der Waals surface area contributed by atoms with Crippen LogP contribution in [-0.2, 0) is 27.2 Å². The van der Waals surface area contributed by atoms with E-state index in [2.05, 4.69) is 16.0 Å². The van der Waals surface area contributed by atoms with Gasteiger partial charge < -0.3 is 37.3 Å². The van der Waals surface area contributed by atoms with Crippen LogP contribution in [0.15, 0.2) is 42.5 Å². The molecule has 2 aromatic carbocycles. The highest BCUT2D eigenvalue weighted by molar-refractivity contribution is 5.91. The number of hydrogen-bond acceptors (Lipinski definition) is 7. The minimum absolute atomic E-state index is 0.115. The molecule has 0 unspecified atom stereocenters. The Hall–Kier alpha value is -3.63. The second-order valence-corrected chi connectivity index (χ2v) is 11.1. The van der Waals surface area contributed by atoms with Crippen molar-refractivity contribution in [2.45, 2.75) is 84.0 Å². The predicted molar refractivity (Wildman–Crippen MR) is 156 cm³/mol. The summed E-state index contributed by atoms with van der Waals surface area (Å²) in [6.45, 7) is 9.40. The zero-order valence-corrected chi connectivity index (χ0v) is 24.3. The molecule has 2 rings (SSSR count). The van der Waals surface area contributed by atoms with Gasteiger partial charge in [0.05, 0.1) is 0 Å². The van der Waals surface area contributed by atoms with Crippen LogP contribution in [0.25, 0.3) is 0 Å². The van der Waals surface area contributed by atoms with E-state index in [1.165, 1.54) is 0 Å². The molecule has 0 spiro atoms. The number of phenolic OH excluding ortho intramolecular Hbond substituents is 1. The standard InChI is InChI=1S/C30H45N5O5/c1-19-14-23(36)15-20(2)24(19)17-26(35-29(39)40-30(3,4)5)28(38)34-25(12-9-13-31)27(37)33-18-22(32)16-21-10-7-6-8-11-21/h6-8,10-11,14-15,22,25-26,36H,9,12-13,16-18,31-32H2,1-5H3,(H,33,37)(H,34,38)(H,35,39)/t22-,25-,26-/m0/s1. The summed E-state index contributed by atoms with van der Waals surface area (Å²) >= 11 is 0. The van der Waals surface area contributed by atoms with E-state index in [0.29, 0.717) is 25.8 Å². The van der Waals surface area contributed by atoms with E-state index in [1.54, 1.807) is 32.9 Å². The van der Waals surface area contributed by atoms with Gasteiger partial charge in [-0.1, -0.05) is 30.3 Å². The molecule has 10 nitrogen and oxygen atoms in total. The van der Waals surface area contributed by atoms with Crippen molar-refractivity contribution in [1.29, 1.82) is 0 Å². The summed E-state index contributed by atoms with van der Waals surface area (Å²) < 4.78 is 5.39. The summed E-state index contributed by atoms with van der Waals surface area (Å²) in [6, 6.07) is 10.7. The number of alkyl carbamates (subject to hydrolysis) is 1. The summed E-state index contributed by atoms with van der Waals surface area (Å²) in [5.41, 5.74) is 14.6. The van der Waals surface area contributed by atoms with Gasteiger partial charge in [0.2, 0.25) is 11.8 Å². The highest BCUT2D eigenvalue weighted by Gasteiger charge is 2.29. The van der Waals surface area contributed by atoms with Crippen molar-refractivity contribution >= 4 is 17.9 Å². The van der Waals surface area contributed by atoms with E-state index in [9.17, 15) is 19.5 Å². The normalized spacial score (nSPS) is 13.6. The number of carbonyl (C=O) groups excluding carboxylic acids is 3. The molecule has 0 fully saturated rings. The molecule has 2 aromatic rings. The number of aromatic hydroxyl groups is 1. The van der Waals surface area contributed by atoms with E-state index in [1.807, 2.05) is 44.2 Å². The fraction of sp³-hybridized carbons (Fsp3) is 0.500. The van der Waals surface area contributed by atoms with Gasteiger partial charge in [0.1, 0.15) is 23.4 Å². The molecule has 0 saturated carbocycles. The zero-order chi connectivity index (χ0) is 29.9. The number of amides is 3. The first-order valence-electron chi connectivity index (χ1n) is 13.6. The van der Waals surface area contributed by atoms with Crippen molar-refractivity contribution in [2.24, 2.45) is 11.5 Å². The maximum Gasteiger partial charge on any atom is 0.408 e. The fourth-order valence-corrected chi connectivity index (χ4v) is 4.36. The maximum atomic E-state index is 13.5. The van der Waals surface area contributed by atoms with Gasteiger partial charge in [-0.05, 0) is 94.8 Å². The summed E-state index contributed by atoms with van der Waals surface area (Å²) in [5, 5.41) is 18.2. The molecule has 0 heterocycles. The third kappa shape index (κ3) is 11.2. The van der Waals surface area contributed by atoms with Crippen LogP contribution >= 0.6 is 0 Å². The van der Waals surface area contributed by atoms with Crippen molar-refractivity contribution in [3.8, 4) is 5.75 Å². The van der Waals surface area contributed by atoms with Crippen molar-refractivity contribution in [2.75, 3.05) is 13.1 Å². The first-order chi connectivity index (χ1) is 18.8. The van der Waals surface area contributed by atoms with Crippen LogP contribution in [0, 0.1) is 13.8 Å². The van der Waals surface area contributed by atoms with Gasteiger partial charge in [0.15, 0.2) is 0 Å². The monoisotopic (exact) mass is 555 g/mol. The van der Waals surface area contributed by atoms with Crippen molar-refractivity contribution in [1.82, 2.24) is 16.0 Å². The number of rotatable bonds is 13. The third-order valence-electron chi connectivity index (χ3n) is 6.31. The van der Waals surface area contributed by atoms with Crippen LogP contribution in [0.5, 0.6) is 5.75 Å². The minimum Gasteiger partial charge on any atom is -0.508 e. The average Bonchev–Trinajstić information content (AvgIpc) is 2.85. The van der Waals surface area contributed by atoms with Crippen molar-refractivity contribution in [3.05, 3.63) is 64.7 Å². The third-order valence-corrected chi connectivity index (χ3v) is 6.31. The molecule has 0 aliphatic heterocycles. The van der Waals surface area contributed by atoms with Gasteiger partial charge in [-0.3, -0.25) is 9.59 Å². The lowest BCUT2D eigenvalue weighted by Crippen LogP contribution is -2.55. The van der Waals surface area contributed by atoms with Crippen molar-refractivity contribution < 1.29 is 24.2 Å². The highest BCUT2D eigenvalue weighted by Crippen LogP contribution is 2.22. The van der Waals surface area contributed by atoms with Gasteiger partial charge in [0, 0.05) is 19.0 Å². The maximum absolute atomic E-state index is 13.5. The highest BCUT2D eigenvalue weighted by atomic mass is 16.6. The molecule has 40 heavy (non-hydrogen) atoms. The Labute approximate surface area is 237 Å². The summed E-state index contributed by atoms with van der Waals surface area (Å²) in [4.78, 5) is 39.3. The number of aryl methyl sites for hydroxylation is 2. The Morgan fingerprint density at radius 1 is 0.950 bits per heavy atom. The number of hydrogen-bond donors (Lipinski definition) is 6. The zero-order valence-electron chi connectivity index (χ0n) is 24.3. The first-order valence-corrected chi connectivity index (χ1v) is 13.6. The predicted octanol–water partition coefficient (Wildman–Crippen LogP) is 2.35. The second kappa shape index (κ2) is 15.2. The van der Waals surface area contributed by atoms with Gasteiger partial charge in [0.25, 0.3) is 0 Å². The van der Waals surface area contributed by atoms with Crippen LogP contribution in [0.4, 0.5) is 4.79 Å². The van der Waals surface area contributed by atoms with E-state index in [-0.39, 0.29) is 30.7 Å². The second-order valence-electron chi connectivity index (χ2n) is 11.1. The van der Waals surface area contributed by atoms with Crippen LogP contribution < -0.4 is 27.4 Å². The summed E-state index contributed by atoms with van der Waals surface area (Å²) in [6.07, 6.45) is 0.800. The van der Waals surface area contributed by atoms with Gasteiger partial charge in [-0.25, -0.2) is 4.79 Å². The molecule has 8 N–H and O–H groups in total. The topological polar surface area (TPSA) is 169 Å². The molecule has 220 valence electrons. The molecular formula is C30H45N5O5. The Kier molecular flexibility index (Phi) is 12.4. The Morgan fingerprint density at radius 2 is 1.57 bits per heavy atom. The molecule has 0 bridgehead atoms. The Morgan fingerprint density at radius 3 is 2.15 bits per heavy atom. The van der Waals surface area contributed by atoms with E-state index < -0.39 is 29.7 Å². The van der Waals surface area contributed by atoms with Gasteiger partial charge in [-0.15, -0.1) is 0 Å². The molecule has 0 saturated heterocycles. The first kappa shape index (κ1) is 32.6. The SMILES string of the molecule is Cc1cc(O)cc(C)c1C[C@H](NC(=O)OC(C)(C)C)C(=O)N[C@@H](CCCN)C(=O)NC[C@@H](N)Cc1ccccc1. The number of nitrogens with two attached hydrogens (primary N) is 2. The molecule has 3 amide bonds. The van der Waals surface area contributed by atoms with Gasteiger partial charge in [-0.2, -0.15) is 0 Å². The summed E-state index contributed by atoms with van der Waals surface area (Å²) in [7, 11) is 0. The van der Waals surface area contributed by atoms with Crippen LogP contribution in [0.3, 0.4) is 0 Å². The van der Waals surface area contributed by atoms with Crippen LogP contribution in [0.2, 0.25) is 0 Å². The smallest absolute Gasteiger partial charge is 0.408 e. The van der Waals surface area contributed by atoms with Gasteiger partial charge >= 0.3 is 6.09 Å². The van der Waals surface area contributed by atoms with Crippen LogP contribution in [0.1, 0.15) is 55.9 Å². The molecule has 0 radical (unpaired) electrons. The molecular weight excluding hydrogens is 510 g/mol. The Balaban J connectivity index is 2.17. The Bertz CT molecular complexity index is 1110. The lowest BCUT2D eigenvalue weighted by molar-refractivity contribution is -0.130. The van der Waals surface area contributed by atoms with Crippen LogP contribution in [-0.4, -0.2) is 59.8 Å². The molecule has 0 aliphatic carbocycles. The lowest BCUT2D eigenvalue weighted by Gasteiger charge is -2.26. The number of carbonyl (C=O) groups is 3. The molecule has 0 aliphatic rings. The quantitative estimate of drug-likeness (QED) is 0.220. The molecule has 3 atom stereocenters. The van der Waals surface area contributed by atoms with E-state index in [4.69, 9.17) is 16.2 Å². The number of nitrogens with one attached hydrogen (secondary N) is 3. The fourth-order valence-electron chi connectivity index (χ4n) is 4.36. The lowest BCUT2D eigenvalue weighted by atomic mass is 9.95. The largest absolute Gasteiger partial charge is 0.508 e. The number of benzene rings is 2.